The number of esters is 1. The zero-order valence-corrected chi connectivity index (χ0v) is 29.6. The predicted octanol–water partition coefficient (Wildman–Crippen LogP) is 5.59. The molecule has 1 aliphatic heterocycles. The molecule has 0 radical (unpaired) electrons. The fraction of sp³-hybridized carbons (Fsp3) is 0.244. The van der Waals surface area contributed by atoms with E-state index < -0.39 is 54.0 Å². The number of aliphatic carboxylic acids is 1. The van der Waals surface area contributed by atoms with E-state index in [0.29, 0.717) is 17.1 Å². The number of carboxylic acid groups (broad SMARTS) is 1. The number of carbonyl (C=O) groups is 3. The third kappa shape index (κ3) is 8.49. The van der Waals surface area contributed by atoms with E-state index >= 15 is 0 Å². The van der Waals surface area contributed by atoms with Crippen LogP contribution in [-0.4, -0.2) is 65.5 Å². The van der Waals surface area contributed by atoms with Crippen LogP contribution in [0.15, 0.2) is 126 Å². The van der Waals surface area contributed by atoms with Gasteiger partial charge in [-0.1, -0.05) is 72.8 Å². The number of hydrogen-bond donors (Lipinski definition) is 2. The minimum Gasteiger partial charge on any atom is -0.497 e. The van der Waals surface area contributed by atoms with E-state index in [-0.39, 0.29) is 25.3 Å². The molecule has 0 spiro atoms. The molecule has 0 aliphatic carbocycles. The Bertz CT molecular complexity index is 2060. The Hall–Kier alpha value is -6.31. The van der Waals surface area contributed by atoms with Crippen molar-refractivity contribution in [2.24, 2.45) is 0 Å². The van der Waals surface area contributed by atoms with E-state index in [0.717, 1.165) is 16.7 Å². The van der Waals surface area contributed by atoms with Gasteiger partial charge in [-0.25, -0.2) is 4.79 Å². The lowest BCUT2D eigenvalue weighted by Gasteiger charge is -2.37. The fourth-order valence-electron chi connectivity index (χ4n) is 6.34. The van der Waals surface area contributed by atoms with Crippen molar-refractivity contribution in [2.75, 3.05) is 26.1 Å². The first-order valence-corrected chi connectivity index (χ1v) is 17.2. The Morgan fingerprint density at radius 1 is 0.815 bits per heavy atom. The second-order valence-electron chi connectivity index (χ2n) is 12.4. The number of nitrogens with zero attached hydrogens (tertiary/aromatic N) is 2. The Balaban J connectivity index is 1.33. The smallest absolute Gasteiger partial charge is 0.351 e. The molecule has 0 unspecified atom stereocenters. The van der Waals surface area contributed by atoms with Crippen molar-refractivity contribution >= 4 is 23.7 Å². The number of hydrogen-bond acceptors (Lipinski definition) is 10. The van der Waals surface area contributed by atoms with Gasteiger partial charge in [0, 0.05) is 18.2 Å². The lowest BCUT2D eigenvalue weighted by atomic mass is 9.80. The van der Waals surface area contributed by atoms with E-state index in [1.54, 1.807) is 44.6 Å². The summed E-state index contributed by atoms with van der Waals surface area (Å²) in [5.41, 5.74) is 0.775. The highest BCUT2D eigenvalue weighted by Gasteiger charge is 2.44. The van der Waals surface area contributed by atoms with Crippen LogP contribution in [0.4, 0.5) is 5.82 Å². The molecule has 0 saturated carbocycles. The number of carbonyl (C=O) groups excluding carboxylic acids is 2. The van der Waals surface area contributed by atoms with Gasteiger partial charge < -0.3 is 34.1 Å². The minimum atomic E-state index is -1.23. The van der Waals surface area contributed by atoms with Gasteiger partial charge in [0.25, 0.3) is 5.91 Å². The van der Waals surface area contributed by atoms with Gasteiger partial charge in [-0.15, -0.1) is 0 Å². The molecule has 2 N–H and O–H groups in total. The highest BCUT2D eigenvalue weighted by atomic mass is 16.6. The van der Waals surface area contributed by atoms with Crippen molar-refractivity contribution in [1.82, 2.24) is 9.55 Å². The normalized spacial score (nSPS) is 16.7. The molecule has 4 aromatic carbocycles. The number of ether oxygens (including phenoxy) is 5. The maximum Gasteiger partial charge on any atom is 0.351 e. The molecule has 1 fully saturated rings. The van der Waals surface area contributed by atoms with Crippen molar-refractivity contribution in [1.29, 1.82) is 0 Å². The molecule has 1 saturated heterocycles. The number of nitrogens with one attached hydrogen (secondary N) is 1. The third-order valence-electron chi connectivity index (χ3n) is 9.06. The summed E-state index contributed by atoms with van der Waals surface area (Å²) in [6, 6.07) is 34.5. The number of amides is 1. The second-order valence-corrected chi connectivity index (χ2v) is 12.4. The summed E-state index contributed by atoms with van der Waals surface area (Å²) in [7, 11) is 3.17. The molecule has 13 heteroatoms. The van der Waals surface area contributed by atoms with Gasteiger partial charge in [0.05, 0.1) is 33.7 Å². The number of methoxy groups -OCH3 is 2. The lowest BCUT2D eigenvalue weighted by Crippen LogP contribution is -2.39. The predicted molar refractivity (Wildman–Crippen MR) is 196 cm³/mol. The average Bonchev–Trinajstić information content (AvgIpc) is 3.60. The zero-order chi connectivity index (χ0) is 38.1. The van der Waals surface area contributed by atoms with Gasteiger partial charge in [-0.2, -0.15) is 4.98 Å². The average molecular weight is 734 g/mol. The monoisotopic (exact) mass is 733 g/mol. The van der Waals surface area contributed by atoms with E-state index in [2.05, 4.69) is 10.3 Å². The van der Waals surface area contributed by atoms with Crippen molar-refractivity contribution in [3.05, 3.63) is 154 Å². The van der Waals surface area contributed by atoms with Gasteiger partial charge in [-0.05, 0) is 59.2 Å². The summed E-state index contributed by atoms with van der Waals surface area (Å²) >= 11 is 0. The molecular weight excluding hydrogens is 694 g/mol. The number of carboxylic acids is 1. The van der Waals surface area contributed by atoms with Crippen LogP contribution in [0.1, 0.15) is 52.5 Å². The highest BCUT2D eigenvalue weighted by molar-refractivity contribution is 6.03. The first kappa shape index (κ1) is 37.4. The number of anilines is 1. The van der Waals surface area contributed by atoms with Crippen LogP contribution in [-0.2, 0) is 29.4 Å². The Kier molecular flexibility index (Phi) is 11.8. The molecule has 0 bridgehead atoms. The van der Waals surface area contributed by atoms with Gasteiger partial charge >= 0.3 is 17.6 Å². The van der Waals surface area contributed by atoms with Gasteiger partial charge in [0.1, 0.15) is 41.4 Å². The van der Waals surface area contributed by atoms with Crippen molar-refractivity contribution in [3.8, 4) is 11.5 Å². The van der Waals surface area contributed by atoms with Crippen molar-refractivity contribution in [2.45, 2.75) is 43.3 Å². The minimum absolute atomic E-state index is 0.0353. The maximum atomic E-state index is 13.3. The van der Waals surface area contributed by atoms with Gasteiger partial charge in [0.2, 0.25) is 0 Å². The molecule has 1 amide bonds. The number of benzene rings is 4. The lowest BCUT2D eigenvalue weighted by molar-refractivity contribution is -0.157. The summed E-state index contributed by atoms with van der Waals surface area (Å²) in [6.07, 6.45) is -2.07. The molecule has 6 rings (SSSR count). The highest BCUT2D eigenvalue weighted by Crippen LogP contribution is 2.43. The van der Waals surface area contributed by atoms with Crippen LogP contribution in [0, 0.1) is 0 Å². The fourth-order valence-corrected chi connectivity index (χ4v) is 6.34. The van der Waals surface area contributed by atoms with E-state index in [1.165, 1.54) is 16.8 Å². The number of rotatable bonds is 15. The molecule has 278 valence electrons. The van der Waals surface area contributed by atoms with Crippen molar-refractivity contribution < 1.29 is 43.2 Å². The quantitative estimate of drug-likeness (QED) is 0.102. The topological polar surface area (TPSA) is 165 Å². The van der Waals surface area contributed by atoms with Crippen molar-refractivity contribution in [3.63, 3.8) is 0 Å². The first-order valence-electron chi connectivity index (χ1n) is 17.2. The SMILES string of the molecule is COc1ccc(C(OC[C@@H]2O[C@@H](n3ccc(NC(=O)c4ccccc4)nc3=O)C[C@@H]2OC(=O)CCC(=O)O)(c2ccccc2)c2ccc(OC)cc2)cc1. The molecule has 1 aliphatic rings. The van der Waals surface area contributed by atoms with E-state index in [9.17, 15) is 19.2 Å². The molecule has 3 atom stereocenters. The van der Waals surface area contributed by atoms with Crippen LogP contribution in [0.25, 0.3) is 0 Å². The van der Waals surface area contributed by atoms with Crippen LogP contribution < -0.4 is 20.5 Å². The van der Waals surface area contributed by atoms with Crippen LogP contribution in [0.3, 0.4) is 0 Å². The van der Waals surface area contributed by atoms with Crippen LogP contribution in [0.5, 0.6) is 11.5 Å². The standard InChI is InChI=1S/C41H39N3O10/c1-50-31-17-13-29(14-18-31)41(28-11-7-4-8-12-28,30-15-19-32(51-2)20-16-30)52-26-34-33(54-38(47)22-21-37(45)46)25-36(53-34)44-24-23-35(43-40(44)49)42-39(48)27-9-5-3-6-10-27/h3-20,23-24,33-34,36H,21-22,25-26H2,1-2H3,(H,45,46)(H,42,43,48,49)/t33-,34-,36+/m0/s1. The Morgan fingerprint density at radius 2 is 1.39 bits per heavy atom. The summed E-state index contributed by atoms with van der Waals surface area (Å²) in [4.78, 5) is 54.2. The van der Waals surface area contributed by atoms with Gasteiger partial charge in [0.15, 0.2) is 0 Å². The van der Waals surface area contributed by atoms with E-state index in [4.69, 9.17) is 28.8 Å². The summed E-state index contributed by atoms with van der Waals surface area (Å²) in [5.74, 6) is -0.965. The molecule has 5 aromatic rings. The molecule has 2 heterocycles. The first-order chi connectivity index (χ1) is 26.2. The van der Waals surface area contributed by atoms with Gasteiger partial charge in [-0.3, -0.25) is 19.0 Å². The maximum absolute atomic E-state index is 13.3. The summed E-state index contributed by atoms with van der Waals surface area (Å²) in [5, 5.41) is 11.8. The summed E-state index contributed by atoms with van der Waals surface area (Å²) < 4.78 is 31.3. The molecule has 1 aromatic heterocycles. The summed E-state index contributed by atoms with van der Waals surface area (Å²) in [6.45, 7) is -0.131. The Labute approximate surface area is 311 Å². The molecule has 54 heavy (non-hydrogen) atoms. The van der Waals surface area contributed by atoms with Crippen LogP contribution in [0.2, 0.25) is 0 Å². The largest absolute Gasteiger partial charge is 0.497 e. The molecular formula is C41H39N3O10. The Morgan fingerprint density at radius 3 is 1.94 bits per heavy atom. The van der Waals surface area contributed by atoms with E-state index in [1.807, 2.05) is 78.9 Å². The third-order valence-corrected chi connectivity index (χ3v) is 9.06. The van der Waals surface area contributed by atoms with Crippen LogP contribution >= 0.6 is 0 Å². The number of aromatic nitrogens is 2. The zero-order valence-electron chi connectivity index (χ0n) is 29.6. The molecule has 13 nitrogen and oxygen atoms in total. The second kappa shape index (κ2) is 17.0.